The largest absolute Gasteiger partial charge is 0.508 e. The summed E-state index contributed by atoms with van der Waals surface area (Å²) < 4.78 is 38.3. The Morgan fingerprint density at radius 1 is 1.28 bits per heavy atom. The number of piperidine rings is 1. The number of benzene rings is 1. The van der Waals surface area contributed by atoms with E-state index in [1.807, 2.05) is 13.1 Å². The summed E-state index contributed by atoms with van der Waals surface area (Å²) in [4.78, 5) is 20.6. The summed E-state index contributed by atoms with van der Waals surface area (Å²) in [6, 6.07) is 7.33. The second kappa shape index (κ2) is 7.02. The van der Waals surface area contributed by atoms with Gasteiger partial charge in [0.25, 0.3) is 5.91 Å². The quantitative estimate of drug-likeness (QED) is 0.833. The van der Waals surface area contributed by atoms with E-state index in [4.69, 9.17) is 0 Å². The molecule has 0 spiro atoms. The van der Waals surface area contributed by atoms with Gasteiger partial charge in [-0.3, -0.25) is 9.78 Å². The number of carbonyl (C=O) groups excluding carboxylic acids is 1. The van der Waals surface area contributed by atoms with Crippen molar-refractivity contribution >= 4 is 5.91 Å². The van der Waals surface area contributed by atoms with Crippen molar-refractivity contribution in [3.05, 3.63) is 58.9 Å². The smallest absolute Gasteiger partial charge is 0.417 e. The van der Waals surface area contributed by atoms with E-state index in [1.165, 1.54) is 0 Å². The van der Waals surface area contributed by atoms with Crippen LogP contribution in [0.1, 0.15) is 39.5 Å². The Labute approximate surface area is 166 Å². The topological polar surface area (TPSA) is 56.7 Å². The Morgan fingerprint density at radius 3 is 2.69 bits per heavy atom. The number of nitrogens with zero attached hydrogens (tertiary/aromatic N) is 3. The van der Waals surface area contributed by atoms with Crippen molar-refractivity contribution in [1.82, 2.24) is 14.8 Å². The van der Waals surface area contributed by atoms with Gasteiger partial charge in [-0.1, -0.05) is 6.07 Å². The molecule has 0 saturated carbocycles. The van der Waals surface area contributed by atoms with Gasteiger partial charge in [-0.05, 0) is 61.8 Å². The van der Waals surface area contributed by atoms with Crippen LogP contribution < -0.4 is 0 Å². The van der Waals surface area contributed by atoms with Gasteiger partial charge in [0.1, 0.15) is 11.4 Å². The van der Waals surface area contributed by atoms with Crippen LogP contribution in [0.4, 0.5) is 13.2 Å². The summed E-state index contributed by atoms with van der Waals surface area (Å²) in [5.41, 5.74) is 1.31. The fourth-order valence-electron chi connectivity index (χ4n) is 4.70. The normalized spacial score (nSPS) is 24.1. The van der Waals surface area contributed by atoms with Gasteiger partial charge in [0.2, 0.25) is 0 Å². The first-order valence-electron chi connectivity index (χ1n) is 9.49. The molecule has 29 heavy (non-hydrogen) atoms. The first-order chi connectivity index (χ1) is 13.7. The van der Waals surface area contributed by atoms with E-state index in [9.17, 15) is 23.1 Å². The number of likely N-dealkylation sites (N-methyl/N-ethyl adjacent to an activating group) is 2. The van der Waals surface area contributed by atoms with Crippen LogP contribution in [0.5, 0.6) is 5.75 Å². The van der Waals surface area contributed by atoms with Crippen LogP contribution in [0.15, 0.2) is 36.5 Å². The first-order valence-corrected chi connectivity index (χ1v) is 9.49. The van der Waals surface area contributed by atoms with Crippen molar-refractivity contribution in [2.75, 3.05) is 20.6 Å². The molecule has 1 aliphatic carbocycles. The van der Waals surface area contributed by atoms with Gasteiger partial charge in [0.15, 0.2) is 0 Å². The molecule has 3 atom stereocenters. The summed E-state index contributed by atoms with van der Waals surface area (Å²) in [7, 11) is 3.70. The predicted octanol–water partition coefficient (Wildman–Crippen LogP) is 3.29. The van der Waals surface area contributed by atoms with Gasteiger partial charge in [-0.2, -0.15) is 13.2 Å². The van der Waals surface area contributed by atoms with Crippen LogP contribution in [0, 0.1) is 0 Å². The van der Waals surface area contributed by atoms with Gasteiger partial charge in [0.05, 0.1) is 11.6 Å². The summed E-state index contributed by atoms with van der Waals surface area (Å²) in [6.07, 6.45) is -2.23. The Morgan fingerprint density at radius 2 is 2.03 bits per heavy atom. The van der Waals surface area contributed by atoms with E-state index in [2.05, 4.69) is 9.88 Å². The molecule has 2 heterocycles. The molecule has 8 heteroatoms. The van der Waals surface area contributed by atoms with Crippen LogP contribution in [0.25, 0.3) is 0 Å². The number of phenolic OH excluding ortho intramolecular Hbond substituents is 1. The highest BCUT2D eigenvalue weighted by molar-refractivity contribution is 5.92. The van der Waals surface area contributed by atoms with E-state index in [-0.39, 0.29) is 29.4 Å². The van der Waals surface area contributed by atoms with Gasteiger partial charge < -0.3 is 14.9 Å². The molecular formula is C21H22F3N3O2. The van der Waals surface area contributed by atoms with Crippen molar-refractivity contribution < 1.29 is 23.1 Å². The number of fused-ring (bicyclic) bond motifs is 4. The monoisotopic (exact) mass is 405 g/mol. The number of hydrogen-bond donors (Lipinski definition) is 1. The highest BCUT2D eigenvalue weighted by atomic mass is 19.4. The predicted molar refractivity (Wildman–Crippen MR) is 101 cm³/mol. The summed E-state index contributed by atoms with van der Waals surface area (Å²) >= 11 is 0. The van der Waals surface area contributed by atoms with E-state index < -0.39 is 17.6 Å². The number of alkyl halides is 3. The number of halogens is 3. The van der Waals surface area contributed by atoms with Gasteiger partial charge >= 0.3 is 6.18 Å². The number of aromatic hydroxyl groups is 1. The summed E-state index contributed by atoms with van der Waals surface area (Å²) in [5, 5.41) is 9.95. The Bertz CT molecular complexity index is 930. The third-order valence-corrected chi connectivity index (χ3v) is 6.20. The minimum Gasteiger partial charge on any atom is -0.508 e. The van der Waals surface area contributed by atoms with E-state index in [1.54, 1.807) is 24.1 Å². The number of carbonyl (C=O) groups is 1. The molecule has 1 aliphatic heterocycles. The van der Waals surface area contributed by atoms with E-state index in [0.29, 0.717) is 6.20 Å². The molecule has 4 rings (SSSR count). The third kappa shape index (κ3) is 3.46. The lowest BCUT2D eigenvalue weighted by molar-refractivity contribution is -0.137. The third-order valence-electron chi connectivity index (χ3n) is 6.20. The second-order valence-electron chi connectivity index (χ2n) is 7.87. The average molecular weight is 405 g/mol. The summed E-state index contributed by atoms with van der Waals surface area (Å²) in [6.45, 7) is 0.876. The first kappa shape index (κ1) is 19.7. The molecular weight excluding hydrogens is 383 g/mol. The van der Waals surface area contributed by atoms with Crippen molar-refractivity contribution in [3.8, 4) is 5.75 Å². The molecule has 2 aliphatic rings. The SMILES string of the molecule is CN1CCC2c3cc(O)ccc3CC1C2N(C)C(=O)c1ccc(C(F)(F)F)cn1. The van der Waals surface area contributed by atoms with Crippen LogP contribution in [0.2, 0.25) is 0 Å². The molecule has 1 saturated heterocycles. The minimum atomic E-state index is -4.49. The van der Waals surface area contributed by atoms with Gasteiger partial charge in [-0.15, -0.1) is 0 Å². The second-order valence-corrected chi connectivity index (χ2v) is 7.87. The molecule has 5 nitrogen and oxygen atoms in total. The Hall–Kier alpha value is -2.61. The lowest BCUT2D eigenvalue weighted by Crippen LogP contribution is -2.60. The van der Waals surface area contributed by atoms with Gasteiger partial charge in [0, 0.05) is 25.2 Å². The highest BCUT2D eigenvalue weighted by Crippen LogP contribution is 2.43. The Kier molecular flexibility index (Phi) is 4.77. The van der Waals surface area contributed by atoms with Crippen LogP contribution in [-0.4, -0.2) is 58.5 Å². The lowest BCUT2D eigenvalue weighted by Gasteiger charge is -2.51. The standard InChI is InChI=1S/C21H22F3N3O2/c1-26-8-7-15-16-10-14(28)5-3-12(16)9-18(26)19(15)27(2)20(29)17-6-4-13(11-25-17)21(22,23)24/h3-6,10-11,15,18-19,28H,7-9H2,1-2H3. The van der Waals surface area contributed by atoms with Crippen LogP contribution in [-0.2, 0) is 12.6 Å². The number of rotatable bonds is 2. The fraction of sp³-hybridized carbons (Fsp3) is 0.429. The van der Waals surface area contributed by atoms with Crippen molar-refractivity contribution in [2.24, 2.45) is 0 Å². The number of hydrogen-bond acceptors (Lipinski definition) is 4. The van der Waals surface area contributed by atoms with Crippen molar-refractivity contribution in [2.45, 2.75) is 37.0 Å². The summed E-state index contributed by atoms with van der Waals surface area (Å²) in [5.74, 6) is -0.161. The van der Waals surface area contributed by atoms with Crippen molar-refractivity contribution in [3.63, 3.8) is 0 Å². The maximum atomic E-state index is 13.0. The zero-order chi connectivity index (χ0) is 20.9. The van der Waals surface area contributed by atoms with E-state index in [0.717, 1.165) is 42.6 Å². The van der Waals surface area contributed by atoms with Crippen LogP contribution in [0.3, 0.4) is 0 Å². The van der Waals surface area contributed by atoms with E-state index >= 15 is 0 Å². The zero-order valence-corrected chi connectivity index (χ0v) is 16.1. The minimum absolute atomic E-state index is 0.0112. The molecule has 2 bridgehead atoms. The molecule has 1 fully saturated rings. The molecule has 1 aromatic carbocycles. The maximum Gasteiger partial charge on any atom is 0.417 e. The maximum absolute atomic E-state index is 13.0. The molecule has 2 aromatic rings. The number of likely N-dealkylation sites (tertiary alicyclic amines) is 1. The molecule has 1 N–H and O–H groups in total. The van der Waals surface area contributed by atoms with Gasteiger partial charge in [-0.25, -0.2) is 0 Å². The zero-order valence-electron chi connectivity index (χ0n) is 16.1. The number of aromatic nitrogens is 1. The molecule has 154 valence electrons. The number of phenols is 1. The molecule has 1 aromatic heterocycles. The number of amides is 1. The van der Waals surface area contributed by atoms with Crippen molar-refractivity contribution in [1.29, 1.82) is 0 Å². The highest BCUT2D eigenvalue weighted by Gasteiger charge is 2.45. The molecule has 1 amide bonds. The average Bonchev–Trinajstić information content (AvgIpc) is 2.69. The molecule has 0 radical (unpaired) electrons. The fourth-order valence-corrected chi connectivity index (χ4v) is 4.70. The number of pyridine rings is 1. The molecule has 3 unspecified atom stereocenters. The Balaban J connectivity index is 1.65. The van der Waals surface area contributed by atoms with Crippen LogP contribution >= 0.6 is 0 Å². The lowest BCUT2D eigenvalue weighted by atomic mass is 9.71.